The summed E-state index contributed by atoms with van der Waals surface area (Å²) in [6.45, 7) is 1.71. The Kier molecular flexibility index (Phi) is 4.87. The summed E-state index contributed by atoms with van der Waals surface area (Å²) in [4.78, 5) is 25.6. The number of fused-ring (bicyclic) bond motifs is 2. The Balaban J connectivity index is 1.60. The van der Waals surface area contributed by atoms with Crippen LogP contribution in [-0.2, 0) is 16.1 Å². The molecule has 1 saturated heterocycles. The number of hydrogen-bond acceptors (Lipinski definition) is 8. The third-order valence-electron chi connectivity index (χ3n) is 5.35. The number of carbonyl (C=O) groups excluding carboxylic acids is 2. The molecule has 1 heterocycles. The molecule has 4 atom stereocenters. The number of ketones is 2. The number of phenols is 2. The Morgan fingerprint density at radius 3 is 2.55 bits per heavy atom. The maximum absolute atomic E-state index is 12.9. The minimum atomic E-state index is -0.775. The lowest BCUT2D eigenvalue weighted by Gasteiger charge is -2.35. The van der Waals surface area contributed by atoms with E-state index in [1.165, 1.54) is 30.3 Å². The summed E-state index contributed by atoms with van der Waals surface area (Å²) in [7, 11) is 0. The molecule has 1 fully saturated rings. The molecule has 2 aliphatic rings. The number of aliphatic hydroxyl groups is 1. The van der Waals surface area contributed by atoms with Gasteiger partial charge in [-0.25, -0.2) is 0 Å². The van der Waals surface area contributed by atoms with Gasteiger partial charge in [-0.3, -0.25) is 9.59 Å². The second-order valence-electron chi connectivity index (χ2n) is 7.37. The Hall–Kier alpha value is -2.78. The average Bonchev–Trinajstić information content (AvgIpc) is 2.68. The highest BCUT2D eigenvalue weighted by Gasteiger charge is 2.35. The van der Waals surface area contributed by atoms with Crippen LogP contribution in [0.4, 0.5) is 0 Å². The standard InChI is InChI=1S/C21H21NO7/c1-9-19(25)13(22)7-16(29-9)28-8-10-5-12-18(15(24)6-10)21(27)17-11(20(12)26)3-2-4-14(17)23/h2-6,9,13,16,19,23-25H,7-8,22H2,1H3/t9-,13?,16?,19-/m0/s1. The van der Waals surface area contributed by atoms with E-state index in [9.17, 15) is 24.9 Å². The molecule has 0 saturated carbocycles. The second kappa shape index (κ2) is 7.23. The number of rotatable bonds is 3. The van der Waals surface area contributed by atoms with Crippen molar-refractivity contribution >= 4 is 11.6 Å². The molecule has 4 rings (SSSR count). The van der Waals surface area contributed by atoms with Gasteiger partial charge in [-0.2, -0.15) is 0 Å². The van der Waals surface area contributed by atoms with E-state index in [0.29, 0.717) is 12.0 Å². The highest BCUT2D eigenvalue weighted by molar-refractivity contribution is 6.30. The maximum atomic E-state index is 12.9. The number of aromatic hydroxyl groups is 2. The van der Waals surface area contributed by atoms with Crippen LogP contribution in [0.1, 0.15) is 50.8 Å². The molecule has 1 aliphatic carbocycles. The molecule has 0 spiro atoms. The zero-order valence-electron chi connectivity index (χ0n) is 15.7. The van der Waals surface area contributed by atoms with Gasteiger partial charge in [0, 0.05) is 23.6 Å². The minimum absolute atomic E-state index is 0.00933. The molecule has 8 heteroatoms. The van der Waals surface area contributed by atoms with E-state index < -0.39 is 36.1 Å². The number of hydrogen-bond donors (Lipinski definition) is 4. The zero-order chi connectivity index (χ0) is 20.9. The van der Waals surface area contributed by atoms with Gasteiger partial charge in [0.2, 0.25) is 5.78 Å². The van der Waals surface area contributed by atoms with Crippen molar-refractivity contribution in [1.29, 1.82) is 0 Å². The van der Waals surface area contributed by atoms with Crippen molar-refractivity contribution in [2.24, 2.45) is 5.73 Å². The van der Waals surface area contributed by atoms with E-state index in [4.69, 9.17) is 15.2 Å². The molecule has 5 N–H and O–H groups in total. The summed E-state index contributed by atoms with van der Waals surface area (Å²) in [6.07, 6.45) is -1.60. The smallest absolute Gasteiger partial charge is 0.201 e. The lowest BCUT2D eigenvalue weighted by atomic mass is 9.82. The van der Waals surface area contributed by atoms with E-state index in [2.05, 4.69) is 0 Å². The van der Waals surface area contributed by atoms with Gasteiger partial charge in [0.05, 0.1) is 29.9 Å². The summed E-state index contributed by atoms with van der Waals surface area (Å²) >= 11 is 0. The van der Waals surface area contributed by atoms with Crippen molar-refractivity contribution in [3.05, 3.63) is 58.1 Å². The lowest BCUT2D eigenvalue weighted by Crippen LogP contribution is -2.51. The first-order chi connectivity index (χ1) is 13.8. The van der Waals surface area contributed by atoms with Crippen LogP contribution < -0.4 is 5.73 Å². The molecule has 0 bridgehead atoms. The third-order valence-corrected chi connectivity index (χ3v) is 5.35. The minimum Gasteiger partial charge on any atom is -0.507 e. The molecular formula is C21H21NO7. The van der Waals surface area contributed by atoms with Crippen molar-refractivity contribution in [3.63, 3.8) is 0 Å². The molecule has 0 radical (unpaired) electrons. The number of aliphatic hydroxyl groups excluding tert-OH is 1. The Labute approximate surface area is 166 Å². The highest BCUT2D eigenvalue weighted by atomic mass is 16.7. The van der Waals surface area contributed by atoms with Gasteiger partial charge in [0.25, 0.3) is 0 Å². The van der Waals surface area contributed by atoms with Crippen molar-refractivity contribution in [3.8, 4) is 11.5 Å². The average molecular weight is 399 g/mol. The number of carbonyl (C=O) groups is 2. The molecule has 0 aromatic heterocycles. The highest BCUT2D eigenvalue weighted by Crippen LogP contribution is 2.37. The van der Waals surface area contributed by atoms with Gasteiger partial charge in [-0.1, -0.05) is 12.1 Å². The molecule has 152 valence electrons. The van der Waals surface area contributed by atoms with Gasteiger partial charge in [0.1, 0.15) is 11.5 Å². The summed E-state index contributed by atoms with van der Waals surface area (Å²) in [5, 5.41) is 30.2. The molecule has 1 aliphatic heterocycles. The van der Waals surface area contributed by atoms with Gasteiger partial charge in [-0.05, 0) is 30.7 Å². The van der Waals surface area contributed by atoms with E-state index in [1.54, 1.807) is 6.92 Å². The van der Waals surface area contributed by atoms with Crippen molar-refractivity contribution in [2.45, 2.75) is 44.5 Å². The lowest BCUT2D eigenvalue weighted by molar-refractivity contribution is -0.226. The predicted molar refractivity (Wildman–Crippen MR) is 101 cm³/mol. The number of ether oxygens (including phenoxy) is 2. The van der Waals surface area contributed by atoms with Crippen molar-refractivity contribution in [1.82, 2.24) is 0 Å². The summed E-state index contributed by atoms with van der Waals surface area (Å²) < 4.78 is 11.3. The topological polar surface area (TPSA) is 139 Å². The van der Waals surface area contributed by atoms with Crippen LogP contribution in [0.5, 0.6) is 11.5 Å². The van der Waals surface area contributed by atoms with Gasteiger partial charge >= 0.3 is 0 Å². The SMILES string of the molecule is C[C@@H]1OC(OCc2cc(O)c3c(c2)C(=O)c2cccc(O)c2C3=O)CC(N)[C@H]1O. The quantitative estimate of drug-likeness (QED) is 0.515. The molecule has 8 nitrogen and oxygen atoms in total. The predicted octanol–water partition coefficient (Wildman–Crippen LogP) is 1.21. The fourth-order valence-electron chi connectivity index (χ4n) is 3.81. The number of nitrogens with two attached hydrogens (primary N) is 1. The summed E-state index contributed by atoms with van der Waals surface area (Å²) in [6, 6.07) is 6.61. The first-order valence-electron chi connectivity index (χ1n) is 9.26. The number of phenolic OH excluding ortho intramolecular Hbond substituents is 2. The third kappa shape index (κ3) is 3.30. The fourth-order valence-corrected chi connectivity index (χ4v) is 3.81. The van der Waals surface area contributed by atoms with E-state index in [-0.39, 0.29) is 40.4 Å². The van der Waals surface area contributed by atoms with E-state index in [0.717, 1.165) is 0 Å². The zero-order valence-corrected chi connectivity index (χ0v) is 15.7. The Morgan fingerprint density at radius 1 is 1.10 bits per heavy atom. The Bertz CT molecular complexity index is 991. The molecule has 0 amide bonds. The largest absolute Gasteiger partial charge is 0.507 e. The maximum Gasteiger partial charge on any atom is 0.201 e. The van der Waals surface area contributed by atoms with Crippen molar-refractivity contribution in [2.75, 3.05) is 0 Å². The Morgan fingerprint density at radius 2 is 1.83 bits per heavy atom. The monoisotopic (exact) mass is 399 g/mol. The summed E-state index contributed by atoms with van der Waals surface area (Å²) in [5.41, 5.74) is 6.25. The molecule has 29 heavy (non-hydrogen) atoms. The fraction of sp³-hybridized carbons (Fsp3) is 0.333. The molecular weight excluding hydrogens is 378 g/mol. The van der Waals surface area contributed by atoms with E-state index >= 15 is 0 Å². The molecule has 2 aromatic rings. The van der Waals surface area contributed by atoms with Gasteiger partial charge in [-0.15, -0.1) is 0 Å². The normalized spacial score (nSPS) is 26.2. The number of benzene rings is 2. The van der Waals surface area contributed by atoms with Gasteiger partial charge in [0.15, 0.2) is 12.1 Å². The van der Waals surface area contributed by atoms with Crippen molar-refractivity contribution < 1.29 is 34.4 Å². The van der Waals surface area contributed by atoms with Crippen LogP contribution in [0.2, 0.25) is 0 Å². The van der Waals surface area contributed by atoms with Crippen LogP contribution in [0.15, 0.2) is 30.3 Å². The van der Waals surface area contributed by atoms with Crippen LogP contribution in [0.3, 0.4) is 0 Å². The van der Waals surface area contributed by atoms with Gasteiger partial charge < -0.3 is 30.5 Å². The summed E-state index contributed by atoms with van der Waals surface area (Å²) in [5.74, 6) is -1.74. The van der Waals surface area contributed by atoms with Crippen LogP contribution in [-0.4, -0.2) is 51.4 Å². The second-order valence-corrected chi connectivity index (χ2v) is 7.37. The van der Waals surface area contributed by atoms with Crippen LogP contribution >= 0.6 is 0 Å². The van der Waals surface area contributed by atoms with E-state index in [1.807, 2.05) is 0 Å². The molecule has 2 aromatic carbocycles. The van der Waals surface area contributed by atoms with Crippen LogP contribution in [0.25, 0.3) is 0 Å². The first kappa shape index (κ1) is 19.5. The first-order valence-corrected chi connectivity index (χ1v) is 9.26. The molecule has 2 unspecified atom stereocenters. The van der Waals surface area contributed by atoms with Crippen LogP contribution in [0, 0.1) is 0 Å².